The monoisotopic (exact) mass is 543 g/mol. The molecule has 0 aliphatic heterocycles. The Hall–Kier alpha value is -3.79. The molecule has 10 heteroatoms. The van der Waals surface area contributed by atoms with Gasteiger partial charge >= 0.3 is 0 Å². The van der Waals surface area contributed by atoms with Crippen LogP contribution in [-0.4, -0.2) is 57.4 Å². The van der Waals surface area contributed by atoms with Crippen LogP contribution in [0.3, 0.4) is 0 Å². The first-order valence-electron chi connectivity index (χ1n) is 11.7. The zero-order valence-corrected chi connectivity index (χ0v) is 22.1. The first-order valence-corrected chi connectivity index (χ1v) is 12.1. The van der Waals surface area contributed by atoms with E-state index >= 15 is 0 Å². The van der Waals surface area contributed by atoms with Crippen molar-refractivity contribution in [1.82, 2.24) is 5.32 Å². The summed E-state index contributed by atoms with van der Waals surface area (Å²) in [6.45, 7) is -0.0400. The Kier molecular flexibility index (Phi) is 10.8. The number of rotatable bonds is 14. The molecule has 2 N–H and O–H groups in total. The summed E-state index contributed by atoms with van der Waals surface area (Å²) in [5.41, 5.74) is 1.62. The highest BCUT2D eigenvalue weighted by Gasteiger charge is 2.26. The lowest BCUT2D eigenvalue weighted by Gasteiger charge is -2.18. The van der Waals surface area contributed by atoms with E-state index in [0.717, 1.165) is 16.9 Å². The van der Waals surface area contributed by atoms with Crippen molar-refractivity contribution in [3.63, 3.8) is 0 Å². The predicted octanol–water partition coefficient (Wildman–Crippen LogP) is 3.82. The zero-order chi connectivity index (χ0) is 27.5. The number of halogens is 1. The van der Waals surface area contributed by atoms with Gasteiger partial charge in [0.15, 0.2) is 11.5 Å². The van der Waals surface area contributed by atoms with Crippen molar-refractivity contribution >= 4 is 23.3 Å². The topological polar surface area (TPSA) is 113 Å². The van der Waals surface area contributed by atoms with E-state index in [1.165, 1.54) is 19.2 Å². The van der Waals surface area contributed by atoms with Crippen LogP contribution >= 0.6 is 11.6 Å². The largest absolute Gasteiger partial charge is 0.497 e. The van der Waals surface area contributed by atoms with Crippen molar-refractivity contribution in [2.24, 2.45) is 0 Å². The molecule has 3 aromatic carbocycles. The highest BCUT2D eigenvalue weighted by Crippen LogP contribution is 2.39. The van der Waals surface area contributed by atoms with E-state index < -0.39 is 24.3 Å². The molecule has 38 heavy (non-hydrogen) atoms. The van der Waals surface area contributed by atoms with E-state index in [-0.39, 0.29) is 36.2 Å². The van der Waals surface area contributed by atoms with Crippen molar-refractivity contribution in [3.8, 4) is 23.0 Å². The molecule has 0 fully saturated rings. The molecule has 0 heterocycles. The number of benzene rings is 3. The van der Waals surface area contributed by atoms with E-state index in [1.54, 1.807) is 26.4 Å². The quantitative estimate of drug-likeness (QED) is 0.233. The van der Waals surface area contributed by atoms with Crippen LogP contribution in [0.25, 0.3) is 0 Å². The molecule has 0 spiro atoms. The van der Waals surface area contributed by atoms with Crippen molar-refractivity contribution in [2.75, 3.05) is 34.5 Å². The van der Waals surface area contributed by atoms with Gasteiger partial charge in [-0.2, -0.15) is 0 Å². The summed E-state index contributed by atoms with van der Waals surface area (Å²) in [5.74, 6) is 0.00431. The van der Waals surface area contributed by atoms with Gasteiger partial charge in [-0.25, -0.2) is 0 Å². The molecule has 0 saturated heterocycles. The van der Waals surface area contributed by atoms with Gasteiger partial charge in [-0.1, -0.05) is 35.9 Å². The summed E-state index contributed by atoms with van der Waals surface area (Å²) in [4.78, 5) is 25.5. The second kappa shape index (κ2) is 14.2. The number of carbonyl (C=O) groups excluding carboxylic acids is 2. The maximum absolute atomic E-state index is 12.9. The molecule has 1 amide bonds. The third kappa shape index (κ3) is 7.61. The number of aliphatic hydroxyl groups is 1. The van der Waals surface area contributed by atoms with Crippen LogP contribution in [0.4, 0.5) is 0 Å². The third-order valence-electron chi connectivity index (χ3n) is 5.53. The number of Topliss-reactive ketones (excluding diaryl/α,β-unsaturated/α-hetero) is 1. The number of aliphatic hydroxyl groups excluding tert-OH is 1. The van der Waals surface area contributed by atoms with Crippen LogP contribution in [0, 0.1) is 0 Å². The number of nitrogens with one attached hydrogen (secondary N) is 1. The van der Waals surface area contributed by atoms with Gasteiger partial charge in [0.2, 0.25) is 0 Å². The van der Waals surface area contributed by atoms with Gasteiger partial charge in [0.1, 0.15) is 24.7 Å². The number of ether oxygens (including phenoxy) is 5. The molecule has 0 radical (unpaired) electrons. The number of amides is 1. The summed E-state index contributed by atoms with van der Waals surface area (Å²) >= 11 is 6.60. The van der Waals surface area contributed by atoms with Crippen LogP contribution in [0.1, 0.15) is 21.5 Å². The Morgan fingerprint density at radius 1 is 0.842 bits per heavy atom. The van der Waals surface area contributed by atoms with Gasteiger partial charge in [0.05, 0.1) is 44.1 Å². The molecule has 3 aromatic rings. The Morgan fingerprint density at radius 3 is 1.89 bits per heavy atom. The third-order valence-corrected chi connectivity index (χ3v) is 5.91. The first kappa shape index (κ1) is 28.8. The van der Waals surface area contributed by atoms with Crippen LogP contribution in [0.2, 0.25) is 5.02 Å². The Bertz CT molecular complexity index is 1210. The van der Waals surface area contributed by atoms with Crippen molar-refractivity contribution in [3.05, 3.63) is 82.4 Å². The zero-order valence-electron chi connectivity index (χ0n) is 21.4. The van der Waals surface area contributed by atoms with E-state index in [2.05, 4.69) is 5.32 Å². The predicted molar refractivity (Wildman–Crippen MR) is 141 cm³/mol. The van der Waals surface area contributed by atoms with Crippen molar-refractivity contribution < 1.29 is 38.4 Å². The molecule has 0 bridgehead atoms. The SMILES string of the molecule is COCC(CO)NC(=O)C(=O)c1ccc(OCc2ccc(OC)cc2)c(OCc2ccc(OC)cc2)c1Cl. The summed E-state index contributed by atoms with van der Waals surface area (Å²) in [6.07, 6.45) is 0. The standard InChI is InChI=1S/C28H30ClNO8/c1-34-17-20(14-31)30-28(33)26(32)23-12-13-24(37-15-18-4-8-21(35-2)9-5-18)27(25(23)29)38-16-19-6-10-22(36-3)11-7-19/h4-13,20,31H,14-17H2,1-3H3,(H,30,33). The van der Waals surface area contributed by atoms with Crippen LogP contribution in [-0.2, 0) is 22.7 Å². The maximum atomic E-state index is 12.9. The van der Waals surface area contributed by atoms with Crippen LogP contribution < -0.4 is 24.3 Å². The maximum Gasteiger partial charge on any atom is 0.292 e. The summed E-state index contributed by atoms with van der Waals surface area (Å²) in [6, 6.07) is 16.8. The summed E-state index contributed by atoms with van der Waals surface area (Å²) in [7, 11) is 4.59. The minimum absolute atomic E-state index is 0.0393. The van der Waals surface area contributed by atoms with Gasteiger partial charge in [-0.15, -0.1) is 0 Å². The number of ketones is 1. The van der Waals surface area contributed by atoms with Crippen molar-refractivity contribution in [1.29, 1.82) is 0 Å². The minimum atomic E-state index is -0.934. The number of methoxy groups -OCH3 is 3. The van der Waals surface area contributed by atoms with Crippen LogP contribution in [0.15, 0.2) is 60.7 Å². The normalized spacial score (nSPS) is 11.4. The van der Waals surface area contributed by atoms with E-state index in [1.807, 2.05) is 36.4 Å². The molecular formula is C28H30ClNO8. The van der Waals surface area contributed by atoms with Gasteiger partial charge < -0.3 is 34.1 Å². The second-order valence-corrected chi connectivity index (χ2v) is 8.54. The number of carbonyl (C=O) groups is 2. The number of hydrogen-bond acceptors (Lipinski definition) is 8. The molecule has 3 rings (SSSR count). The molecular weight excluding hydrogens is 514 g/mol. The van der Waals surface area contributed by atoms with E-state index in [9.17, 15) is 14.7 Å². The Balaban J connectivity index is 1.85. The van der Waals surface area contributed by atoms with Crippen molar-refractivity contribution in [2.45, 2.75) is 19.3 Å². The van der Waals surface area contributed by atoms with E-state index in [0.29, 0.717) is 11.5 Å². The lowest BCUT2D eigenvalue weighted by molar-refractivity contribution is -0.118. The van der Waals surface area contributed by atoms with E-state index in [4.69, 9.17) is 35.3 Å². The fourth-order valence-electron chi connectivity index (χ4n) is 3.44. The molecule has 1 atom stereocenters. The van der Waals surface area contributed by atoms with Crippen LogP contribution in [0.5, 0.6) is 23.0 Å². The average Bonchev–Trinajstić information content (AvgIpc) is 2.95. The lowest BCUT2D eigenvalue weighted by atomic mass is 10.1. The Morgan fingerprint density at radius 2 is 1.39 bits per heavy atom. The minimum Gasteiger partial charge on any atom is -0.497 e. The van der Waals surface area contributed by atoms with Gasteiger partial charge in [-0.05, 0) is 47.5 Å². The highest BCUT2D eigenvalue weighted by atomic mass is 35.5. The molecule has 0 aliphatic rings. The molecule has 0 aliphatic carbocycles. The van der Waals surface area contributed by atoms with Gasteiger partial charge in [0.25, 0.3) is 11.7 Å². The first-order chi connectivity index (χ1) is 18.4. The number of hydrogen-bond donors (Lipinski definition) is 2. The summed E-state index contributed by atoms with van der Waals surface area (Å²) in [5, 5.41) is 11.8. The summed E-state index contributed by atoms with van der Waals surface area (Å²) < 4.78 is 27.3. The molecule has 9 nitrogen and oxygen atoms in total. The fourth-order valence-corrected chi connectivity index (χ4v) is 3.73. The molecule has 1 unspecified atom stereocenters. The highest BCUT2D eigenvalue weighted by molar-refractivity contribution is 6.47. The fraction of sp³-hybridized carbons (Fsp3) is 0.286. The lowest BCUT2D eigenvalue weighted by Crippen LogP contribution is -2.44. The Labute approximate surface area is 226 Å². The molecule has 0 saturated carbocycles. The average molecular weight is 544 g/mol. The van der Waals surface area contributed by atoms with Gasteiger partial charge in [-0.3, -0.25) is 9.59 Å². The molecule has 0 aromatic heterocycles. The smallest absolute Gasteiger partial charge is 0.292 e. The molecule has 202 valence electrons. The van der Waals surface area contributed by atoms with Gasteiger partial charge in [0, 0.05) is 7.11 Å². The second-order valence-electron chi connectivity index (χ2n) is 8.17.